The van der Waals surface area contributed by atoms with Crippen LogP contribution < -0.4 is 0 Å². The first-order valence-corrected chi connectivity index (χ1v) is 3.86. The molecule has 0 radical (unpaired) electrons. The summed E-state index contributed by atoms with van der Waals surface area (Å²) in [5, 5.41) is 17.6. The Labute approximate surface area is 118 Å². The van der Waals surface area contributed by atoms with E-state index < -0.39 is 23.3 Å². The second kappa shape index (κ2) is 6.08. The van der Waals surface area contributed by atoms with Gasteiger partial charge in [0, 0.05) is 0 Å². The molecule has 0 heterocycles. The Kier molecular flexibility index (Phi) is 7.47. The predicted octanol–water partition coefficient (Wildman–Crippen LogP) is 0.292. The van der Waals surface area contributed by atoms with E-state index in [9.17, 15) is 9.59 Å². The van der Waals surface area contributed by atoms with Gasteiger partial charge in [-0.25, -0.2) is 0 Å². The van der Waals surface area contributed by atoms with E-state index in [2.05, 4.69) is 0 Å². The SMILES string of the molecule is CCC(C(=O)O)(C(=O)O)C(C)C.[BaH2]. The summed E-state index contributed by atoms with van der Waals surface area (Å²) >= 11 is 0. The molecule has 0 aliphatic heterocycles. The van der Waals surface area contributed by atoms with Crippen LogP contribution in [0, 0.1) is 11.3 Å². The van der Waals surface area contributed by atoms with Gasteiger partial charge in [0.1, 0.15) is 0 Å². The monoisotopic (exact) mass is 314 g/mol. The standard InChI is InChI=1S/C8H14O4.Ba.2H/c1-4-8(5(2)3,6(9)10)7(11)12;;;/h5H,4H2,1-3H3,(H,9,10)(H,11,12);;;. The fourth-order valence-electron chi connectivity index (χ4n) is 1.30. The number of carboxylic acid groups (broad SMARTS) is 2. The van der Waals surface area contributed by atoms with Crippen LogP contribution in [0.2, 0.25) is 0 Å². The second-order valence-corrected chi connectivity index (χ2v) is 3.09. The van der Waals surface area contributed by atoms with Crippen molar-refractivity contribution in [2.45, 2.75) is 27.2 Å². The normalized spacial score (nSPS) is 10.8. The Morgan fingerprint density at radius 3 is 1.54 bits per heavy atom. The Balaban J connectivity index is 0. The first-order chi connectivity index (χ1) is 5.39. The molecule has 0 atom stereocenters. The summed E-state index contributed by atoms with van der Waals surface area (Å²) in [4.78, 5) is 21.5. The summed E-state index contributed by atoms with van der Waals surface area (Å²) in [6.45, 7) is 4.78. The predicted molar refractivity (Wildman–Crippen MR) is 51.4 cm³/mol. The third-order valence-electron chi connectivity index (χ3n) is 2.31. The topological polar surface area (TPSA) is 74.6 Å². The Bertz CT molecular complexity index is 186. The zero-order chi connectivity index (χ0) is 9.94. The summed E-state index contributed by atoms with van der Waals surface area (Å²) in [6.07, 6.45) is 0.106. The Morgan fingerprint density at radius 2 is 1.54 bits per heavy atom. The molecule has 0 aliphatic carbocycles. The molecule has 13 heavy (non-hydrogen) atoms. The van der Waals surface area contributed by atoms with Crippen LogP contribution in [0.5, 0.6) is 0 Å². The van der Waals surface area contributed by atoms with Crippen molar-refractivity contribution in [1.82, 2.24) is 0 Å². The molecule has 2 N–H and O–H groups in total. The van der Waals surface area contributed by atoms with E-state index in [0.29, 0.717) is 0 Å². The van der Waals surface area contributed by atoms with Crippen molar-refractivity contribution in [3.05, 3.63) is 0 Å². The first-order valence-electron chi connectivity index (χ1n) is 3.86. The first kappa shape index (κ1) is 16.0. The minimum atomic E-state index is -1.63. The van der Waals surface area contributed by atoms with Crippen molar-refractivity contribution in [2.75, 3.05) is 0 Å². The Hall–Kier alpha value is 0.511. The molecule has 0 aromatic carbocycles. The molecule has 5 heteroatoms. The van der Waals surface area contributed by atoms with Gasteiger partial charge in [0.2, 0.25) is 0 Å². The van der Waals surface area contributed by atoms with Crippen molar-refractivity contribution in [1.29, 1.82) is 0 Å². The molecule has 0 saturated carbocycles. The van der Waals surface area contributed by atoms with Crippen LogP contribution in [0.4, 0.5) is 0 Å². The van der Waals surface area contributed by atoms with E-state index in [1.165, 1.54) is 0 Å². The third kappa shape index (κ3) is 2.99. The van der Waals surface area contributed by atoms with Gasteiger partial charge in [0.05, 0.1) is 0 Å². The molecule has 0 saturated heterocycles. The van der Waals surface area contributed by atoms with Gasteiger partial charge in [0.25, 0.3) is 0 Å². The number of hydrogen-bond acceptors (Lipinski definition) is 2. The molecule has 0 amide bonds. The van der Waals surface area contributed by atoms with Gasteiger partial charge in [-0.2, -0.15) is 0 Å². The molecule has 4 nitrogen and oxygen atoms in total. The fourth-order valence-corrected chi connectivity index (χ4v) is 1.30. The van der Waals surface area contributed by atoms with E-state index in [1.54, 1.807) is 20.8 Å². The van der Waals surface area contributed by atoms with Crippen LogP contribution >= 0.6 is 0 Å². The van der Waals surface area contributed by atoms with Gasteiger partial charge in [-0.1, -0.05) is 20.8 Å². The molecule has 0 aromatic rings. The summed E-state index contributed by atoms with van der Waals surface area (Å²) in [5.41, 5.74) is -1.63. The van der Waals surface area contributed by atoms with Gasteiger partial charge in [-0.05, 0) is 12.3 Å². The molecule has 0 fully saturated rings. The van der Waals surface area contributed by atoms with E-state index in [0.717, 1.165) is 0 Å². The molecule has 0 spiro atoms. The van der Waals surface area contributed by atoms with Crippen molar-refractivity contribution in [2.24, 2.45) is 11.3 Å². The maximum absolute atomic E-state index is 10.8. The molecular weight excluding hydrogens is 297 g/mol. The van der Waals surface area contributed by atoms with Crippen LogP contribution in [0.3, 0.4) is 0 Å². The number of aliphatic carboxylic acids is 2. The van der Waals surface area contributed by atoms with Gasteiger partial charge in [-0.3, -0.25) is 9.59 Å². The van der Waals surface area contributed by atoms with E-state index in [-0.39, 0.29) is 55.3 Å². The quantitative estimate of drug-likeness (QED) is 0.578. The number of carbonyl (C=O) groups is 2. The second-order valence-electron chi connectivity index (χ2n) is 3.09. The van der Waals surface area contributed by atoms with Crippen LogP contribution in [0.1, 0.15) is 27.2 Å². The summed E-state index contributed by atoms with van der Waals surface area (Å²) in [6, 6.07) is 0. The zero-order valence-electron chi connectivity index (χ0n) is 7.50. The summed E-state index contributed by atoms with van der Waals surface area (Å²) < 4.78 is 0. The van der Waals surface area contributed by atoms with E-state index in [1.807, 2.05) is 0 Å². The average molecular weight is 314 g/mol. The van der Waals surface area contributed by atoms with Crippen molar-refractivity contribution < 1.29 is 19.8 Å². The van der Waals surface area contributed by atoms with Crippen LogP contribution in [0.25, 0.3) is 0 Å². The van der Waals surface area contributed by atoms with Crippen molar-refractivity contribution in [3.8, 4) is 0 Å². The average Bonchev–Trinajstić information content (AvgIpc) is 1.86. The summed E-state index contributed by atoms with van der Waals surface area (Å²) in [5.74, 6) is -2.92. The van der Waals surface area contributed by atoms with E-state index >= 15 is 0 Å². The molecule has 0 aliphatic rings. The molecule has 0 bridgehead atoms. The molecule has 74 valence electrons. The molecular formula is C8H16BaO4. The van der Waals surface area contributed by atoms with Gasteiger partial charge >= 0.3 is 60.8 Å². The van der Waals surface area contributed by atoms with Crippen LogP contribution in [-0.2, 0) is 9.59 Å². The van der Waals surface area contributed by atoms with Crippen molar-refractivity contribution >= 4 is 60.8 Å². The minimum absolute atomic E-state index is 0. The van der Waals surface area contributed by atoms with Gasteiger partial charge in [-0.15, -0.1) is 0 Å². The van der Waals surface area contributed by atoms with Crippen LogP contribution in [-0.4, -0.2) is 71.0 Å². The number of carboxylic acids is 2. The molecule has 0 unspecified atom stereocenters. The number of rotatable bonds is 4. The molecule has 0 rings (SSSR count). The number of hydrogen-bond donors (Lipinski definition) is 2. The third-order valence-corrected chi connectivity index (χ3v) is 2.31. The summed E-state index contributed by atoms with van der Waals surface area (Å²) in [7, 11) is 0. The van der Waals surface area contributed by atoms with Crippen molar-refractivity contribution in [3.63, 3.8) is 0 Å². The zero-order valence-corrected chi connectivity index (χ0v) is 7.50. The van der Waals surface area contributed by atoms with Gasteiger partial charge in [0.15, 0.2) is 5.41 Å². The van der Waals surface area contributed by atoms with Gasteiger partial charge < -0.3 is 10.2 Å². The Morgan fingerprint density at radius 1 is 1.23 bits per heavy atom. The fraction of sp³-hybridized carbons (Fsp3) is 0.750. The molecule has 0 aromatic heterocycles. The van der Waals surface area contributed by atoms with E-state index in [4.69, 9.17) is 10.2 Å². The van der Waals surface area contributed by atoms with Crippen LogP contribution in [0.15, 0.2) is 0 Å². The maximum atomic E-state index is 10.8.